The smallest absolute Gasteiger partial charge is 0.324 e. The van der Waals surface area contributed by atoms with Gasteiger partial charge in [-0.2, -0.15) is 23.3 Å². The van der Waals surface area contributed by atoms with Crippen LogP contribution in [0.25, 0.3) is 10.9 Å². The van der Waals surface area contributed by atoms with Crippen molar-refractivity contribution in [1.29, 1.82) is 0 Å². The summed E-state index contributed by atoms with van der Waals surface area (Å²) in [6.07, 6.45) is -2.80. The maximum atomic E-state index is 12.9. The number of anilines is 4. The van der Waals surface area contributed by atoms with Crippen LogP contribution in [0, 0.1) is 6.92 Å². The molecule has 0 aliphatic rings. The fraction of sp³-hybridized carbons (Fsp3) is 0.150. The van der Waals surface area contributed by atoms with Gasteiger partial charge in [0.1, 0.15) is 5.82 Å². The zero-order chi connectivity index (χ0) is 20.6. The van der Waals surface area contributed by atoms with Crippen LogP contribution in [-0.4, -0.2) is 27.2 Å². The number of rotatable bonds is 4. The van der Waals surface area contributed by atoms with Gasteiger partial charge in [-0.3, -0.25) is 5.10 Å². The number of fused-ring (bicyclic) bond motifs is 1. The molecule has 0 bridgehead atoms. The van der Waals surface area contributed by atoms with E-state index in [0.717, 1.165) is 23.4 Å². The summed E-state index contributed by atoms with van der Waals surface area (Å²) in [6.45, 7) is 1.99. The van der Waals surface area contributed by atoms with Crippen LogP contribution < -0.4 is 10.2 Å². The van der Waals surface area contributed by atoms with E-state index in [0.29, 0.717) is 28.5 Å². The van der Waals surface area contributed by atoms with E-state index in [-0.39, 0.29) is 0 Å². The Bertz CT molecular complexity index is 1170. The lowest BCUT2D eigenvalue weighted by atomic mass is 10.1. The van der Waals surface area contributed by atoms with Crippen molar-refractivity contribution < 1.29 is 13.2 Å². The van der Waals surface area contributed by atoms with Crippen LogP contribution in [0.5, 0.6) is 0 Å². The third-order valence-electron chi connectivity index (χ3n) is 4.45. The van der Waals surface area contributed by atoms with E-state index in [1.807, 2.05) is 31.2 Å². The first kappa shape index (κ1) is 18.7. The summed E-state index contributed by atoms with van der Waals surface area (Å²) in [5.41, 5.74) is 1.53. The van der Waals surface area contributed by atoms with E-state index in [1.165, 1.54) is 6.07 Å². The highest BCUT2D eigenvalue weighted by atomic mass is 19.4. The SMILES string of the molecule is Cc1cccc(Nc2nccc(N(C)c3n[nH]c4cc(C(F)(F)F)ccc34)n2)c1. The molecule has 0 fully saturated rings. The monoisotopic (exact) mass is 398 g/mol. The number of nitrogens with zero attached hydrogens (tertiary/aromatic N) is 4. The number of aromatic nitrogens is 4. The fourth-order valence-corrected chi connectivity index (χ4v) is 2.99. The zero-order valence-corrected chi connectivity index (χ0v) is 15.6. The molecule has 2 heterocycles. The third kappa shape index (κ3) is 3.84. The molecule has 0 aliphatic heterocycles. The molecule has 9 heteroatoms. The summed E-state index contributed by atoms with van der Waals surface area (Å²) < 4.78 is 38.8. The molecule has 29 heavy (non-hydrogen) atoms. The molecule has 6 nitrogen and oxygen atoms in total. The van der Waals surface area contributed by atoms with Gasteiger partial charge in [-0.15, -0.1) is 0 Å². The maximum absolute atomic E-state index is 12.9. The van der Waals surface area contributed by atoms with Crippen LogP contribution in [-0.2, 0) is 6.18 Å². The first-order valence-corrected chi connectivity index (χ1v) is 8.77. The van der Waals surface area contributed by atoms with Gasteiger partial charge in [0.2, 0.25) is 5.95 Å². The Morgan fingerprint density at radius 2 is 1.90 bits per heavy atom. The number of aromatic amines is 1. The van der Waals surface area contributed by atoms with Gasteiger partial charge in [-0.05, 0) is 48.9 Å². The molecule has 0 unspecified atom stereocenters. The fourth-order valence-electron chi connectivity index (χ4n) is 2.99. The van der Waals surface area contributed by atoms with E-state index >= 15 is 0 Å². The average molecular weight is 398 g/mol. The molecule has 2 N–H and O–H groups in total. The summed E-state index contributed by atoms with van der Waals surface area (Å²) in [5, 5.41) is 10.5. The Morgan fingerprint density at radius 1 is 1.07 bits per heavy atom. The largest absolute Gasteiger partial charge is 0.416 e. The summed E-state index contributed by atoms with van der Waals surface area (Å²) in [5.74, 6) is 1.41. The van der Waals surface area contributed by atoms with E-state index < -0.39 is 11.7 Å². The molecule has 4 rings (SSSR count). The van der Waals surface area contributed by atoms with Gasteiger partial charge in [0.15, 0.2) is 5.82 Å². The standard InChI is InChI=1S/C20H17F3N6/c1-12-4-3-5-14(10-12)25-19-24-9-8-17(26-19)29(2)18-15-7-6-13(20(21,22)23)11-16(15)27-28-18/h3-11H,1-2H3,(H,27,28)(H,24,25,26). The van der Waals surface area contributed by atoms with Crippen molar-refractivity contribution in [3.05, 3.63) is 65.9 Å². The molecule has 0 aliphatic carbocycles. The number of nitrogens with one attached hydrogen (secondary N) is 2. The molecule has 2 aromatic heterocycles. The third-order valence-corrected chi connectivity index (χ3v) is 4.45. The number of halogens is 3. The number of hydrogen-bond donors (Lipinski definition) is 2. The zero-order valence-electron chi connectivity index (χ0n) is 15.6. The molecule has 0 saturated heterocycles. The second-order valence-corrected chi connectivity index (χ2v) is 6.60. The number of alkyl halides is 3. The van der Waals surface area contributed by atoms with Gasteiger partial charge in [-0.25, -0.2) is 4.98 Å². The quantitative estimate of drug-likeness (QED) is 0.495. The molecule has 0 atom stereocenters. The van der Waals surface area contributed by atoms with Crippen molar-refractivity contribution >= 4 is 34.2 Å². The predicted molar refractivity (Wildman–Crippen MR) is 106 cm³/mol. The molecule has 4 aromatic rings. The van der Waals surface area contributed by atoms with Crippen LogP contribution in [0.1, 0.15) is 11.1 Å². The number of aryl methyl sites for hydroxylation is 1. The molecule has 148 valence electrons. The topological polar surface area (TPSA) is 69.7 Å². The van der Waals surface area contributed by atoms with E-state index in [1.54, 1.807) is 24.2 Å². The predicted octanol–water partition coefficient (Wildman–Crippen LogP) is 5.19. The molecule has 0 amide bonds. The molecule has 0 radical (unpaired) electrons. The second kappa shape index (κ2) is 7.08. The van der Waals surface area contributed by atoms with Crippen molar-refractivity contribution in [2.45, 2.75) is 13.1 Å². The Hall–Kier alpha value is -3.62. The summed E-state index contributed by atoms with van der Waals surface area (Å²) in [6, 6.07) is 13.0. The number of benzene rings is 2. The first-order chi connectivity index (χ1) is 13.8. The molecule has 0 spiro atoms. The van der Waals surface area contributed by atoms with Gasteiger partial charge >= 0.3 is 6.18 Å². The van der Waals surface area contributed by atoms with E-state index in [4.69, 9.17) is 0 Å². The van der Waals surface area contributed by atoms with Crippen LogP contribution >= 0.6 is 0 Å². The summed E-state index contributed by atoms with van der Waals surface area (Å²) in [7, 11) is 1.74. The minimum absolute atomic E-state index is 0.300. The Balaban J connectivity index is 1.64. The number of H-pyrrole nitrogens is 1. The first-order valence-electron chi connectivity index (χ1n) is 8.77. The Labute approximate surface area is 164 Å². The van der Waals surface area contributed by atoms with Gasteiger partial charge in [0.25, 0.3) is 0 Å². The lowest BCUT2D eigenvalue weighted by Gasteiger charge is -2.16. The Kier molecular flexibility index (Phi) is 4.57. The minimum Gasteiger partial charge on any atom is -0.324 e. The average Bonchev–Trinajstić information content (AvgIpc) is 3.10. The van der Waals surface area contributed by atoms with Gasteiger partial charge in [0.05, 0.1) is 11.1 Å². The van der Waals surface area contributed by atoms with Gasteiger partial charge < -0.3 is 10.2 Å². The molecular weight excluding hydrogens is 381 g/mol. The Morgan fingerprint density at radius 3 is 2.66 bits per heavy atom. The molecule has 2 aromatic carbocycles. The lowest BCUT2D eigenvalue weighted by molar-refractivity contribution is -0.137. The minimum atomic E-state index is -4.41. The van der Waals surface area contributed by atoms with Gasteiger partial charge in [-0.1, -0.05) is 12.1 Å². The second-order valence-electron chi connectivity index (χ2n) is 6.60. The van der Waals surface area contributed by atoms with E-state index in [2.05, 4.69) is 25.5 Å². The van der Waals surface area contributed by atoms with Gasteiger partial charge in [0, 0.05) is 24.3 Å². The van der Waals surface area contributed by atoms with Crippen LogP contribution in [0.3, 0.4) is 0 Å². The number of hydrogen-bond acceptors (Lipinski definition) is 5. The van der Waals surface area contributed by atoms with Crippen molar-refractivity contribution in [3.8, 4) is 0 Å². The van der Waals surface area contributed by atoms with E-state index in [9.17, 15) is 13.2 Å². The summed E-state index contributed by atoms with van der Waals surface area (Å²) >= 11 is 0. The lowest BCUT2D eigenvalue weighted by Crippen LogP contribution is -2.13. The van der Waals surface area contributed by atoms with Crippen molar-refractivity contribution in [2.24, 2.45) is 0 Å². The molecular formula is C20H17F3N6. The van der Waals surface area contributed by atoms with Crippen LogP contribution in [0.2, 0.25) is 0 Å². The highest BCUT2D eigenvalue weighted by molar-refractivity contribution is 5.92. The highest BCUT2D eigenvalue weighted by Crippen LogP contribution is 2.34. The van der Waals surface area contributed by atoms with Crippen molar-refractivity contribution in [1.82, 2.24) is 20.2 Å². The maximum Gasteiger partial charge on any atom is 0.416 e. The van der Waals surface area contributed by atoms with Crippen molar-refractivity contribution in [3.63, 3.8) is 0 Å². The van der Waals surface area contributed by atoms with Crippen LogP contribution in [0.4, 0.5) is 36.4 Å². The molecule has 0 saturated carbocycles. The van der Waals surface area contributed by atoms with Crippen LogP contribution in [0.15, 0.2) is 54.7 Å². The summed E-state index contributed by atoms with van der Waals surface area (Å²) in [4.78, 5) is 10.4. The van der Waals surface area contributed by atoms with Crippen molar-refractivity contribution in [2.75, 3.05) is 17.3 Å². The highest BCUT2D eigenvalue weighted by Gasteiger charge is 2.31. The normalized spacial score (nSPS) is 11.6.